The summed E-state index contributed by atoms with van der Waals surface area (Å²) < 4.78 is 15.8. The topological polar surface area (TPSA) is 98.2 Å². The van der Waals surface area contributed by atoms with Crippen LogP contribution in [-0.2, 0) is 4.79 Å². The predicted molar refractivity (Wildman–Crippen MR) is 110 cm³/mol. The lowest BCUT2D eigenvalue weighted by atomic mass is 10.2. The van der Waals surface area contributed by atoms with E-state index < -0.39 is 0 Å². The molecule has 8 heteroatoms. The lowest BCUT2D eigenvalue weighted by molar-refractivity contribution is -0.120. The van der Waals surface area contributed by atoms with Crippen LogP contribution in [0.25, 0.3) is 0 Å². The second-order valence-electron chi connectivity index (χ2n) is 5.87. The number of ether oxygens (including phenoxy) is 3. The van der Waals surface area contributed by atoms with E-state index in [1.165, 1.54) is 6.21 Å². The van der Waals surface area contributed by atoms with Gasteiger partial charge in [-0.2, -0.15) is 5.10 Å². The number of hydrogen-bond donors (Lipinski definition) is 2. The van der Waals surface area contributed by atoms with Crippen molar-refractivity contribution in [3.63, 3.8) is 0 Å². The maximum Gasteiger partial charge on any atom is 0.251 e. The molecule has 0 saturated heterocycles. The van der Waals surface area contributed by atoms with Gasteiger partial charge in [0.1, 0.15) is 5.75 Å². The van der Waals surface area contributed by atoms with Gasteiger partial charge in [0.15, 0.2) is 11.5 Å². The fraction of sp³-hybridized carbons (Fsp3) is 0.286. The van der Waals surface area contributed by atoms with E-state index in [1.54, 1.807) is 56.7 Å². The summed E-state index contributed by atoms with van der Waals surface area (Å²) in [6.45, 7) is 2.63. The number of methoxy groups -OCH3 is 2. The zero-order chi connectivity index (χ0) is 21.1. The molecule has 2 amide bonds. The van der Waals surface area contributed by atoms with Gasteiger partial charge in [0.2, 0.25) is 5.91 Å². The molecular formula is C21H25N3O5. The number of carbonyl (C=O) groups excluding carboxylic acids is 2. The molecule has 0 aliphatic rings. The molecular weight excluding hydrogens is 374 g/mol. The first-order valence-electron chi connectivity index (χ1n) is 9.12. The summed E-state index contributed by atoms with van der Waals surface area (Å²) in [5.41, 5.74) is 3.67. The standard InChI is InChI=1S/C21H25N3O5/c1-4-29-18-10-5-15(13-19(18)28-3)14-23-24-20(25)11-12-22-21(26)16-6-8-17(27-2)9-7-16/h5-10,13-14H,4,11-12H2,1-3H3,(H,22,26)(H,24,25). The molecule has 0 heterocycles. The monoisotopic (exact) mass is 399 g/mol. The van der Waals surface area contributed by atoms with Crippen molar-refractivity contribution in [2.45, 2.75) is 13.3 Å². The van der Waals surface area contributed by atoms with Crippen LogP contribution < -0.4 is 25.0 Å². The van der Waals surface area contributed by atoms with E-state index in [1.807, 2.05) is 6.92 Å². The molecule has 2 aromatic rings. The fourth-order valence-electron chi connectivity index (χ4n) is 2.41. The van der Waals surface area contributed by atoms with Crippen LogP contribution in [0.5, 0.6) is 17.2 Å². The third-order valence-electron chi connectivity index (χ3n) is 3.88. The summed E-state index contributed by atoms with van der Waals surface area (Å²) in [4.78, 5) is 23.9. The van der Waals surface area contributed by atoms with Crippen molar-refractivity contribution in [3.05, 3.63) is 53.6 Å². The summed E-state index contributed by atoms with van der Waals surface area (Å²) in [6, 6.07) is 12.1. The average Bonchev–Trinajstić information content (AvgIpc) is 2.74. The molecule has 8 nitrogen and oxygen atoms in total. The van der Waals surface area contributed by atoms with Crippen molar-refractivity contribution < 1.29 is 23.8 Å². The summed E-state index contributed by atoms with van der Waals surface area (Å²) in [5, 5.41) is 6.61. The Balaban J connectivity index is 1.77. The Bertz CT molecular complexity index is 850. The largest absolute Gasteiger partial charge is 0.497 e. The van der Waals surface area contributed by atoms with Crippen molar-refractivity contribution in [3.8, 4) is 17.2 Å². The number of hydrogen-bond acceptors (Lipinski definition) is 6. The van der Waals surface area contributed by atoms with Crippen LogP contribution in [0.3, 0.4) is 0 Å². The number of carbonyl (C=O) groups is 2. The first kappa shape index (κ1) is 21.7. The highest BCUT2D eigenvalue weighted by Gasteiger charge is 2.07. The molecule has 0 unspecified atom stereocenters. The van der Waals surface area contributed by atoms with Gasteiger partial charge in [-0.3, -0.25) is 9.59 Å². The van der Waals surface area contributed by atoms with Gasteiger partial charge in [0.25, 0.3) is 5.91 Å². The summed E-state index contributed by atoms with van der Waals surface area (Å²) in [5.74, 6) is 1.33. The molecule has 2 rings (SSSR count). The molecule has 0 aliphatic heterocycles. The smallest absolute Gasteiger partial charge is 0.251 e. The molecule has 0 fully saturated rings. The molecule has 154 valence electrons. The molecule has 0 aliphatic carbocycles. The number of hydrazone groups is 1. The van der Waals surface area contributed by atoms with Crippen LogP contribution in [-0.4, -0.2) is 45.4 Å². The number of rotatable bonds is 10. The van der Waals surface area contributed by atoms with E-state index in [-0.39, 0.29) is 24.8 Å². The van der Waals surface area contributed by atoms with Crippen LogP contribution in [0.1, 0.15) is 29.3 Å². The maximum atomic E-state index is 12.0. The van der Waals surface area contributed by atoms with Crippen molar-refractivity contribution in [2.24, 2.45) is 5.10 Å². The lowest BCUT2D eigenvalue weighted by Gasteiger charge is -2.09. The summed E-state index contributed by atoms with van der Waals surface area (Å²) in [6.07, 6.45) is 1.61. The minimum Gasteiger partial charge on any atom is -0.497 e. The Hall–Kier alpha value is -3.55. The maximum absolute atomic E-state index is 12.0. The highest BCUT2D eigenvalue weighted by molar-refractivity contribution is 5.94. The van der Waals surface area contributed by atoms with Gasteiger partial charge in [-0.25, -0.2) is 5.43 Å². The minimum atomic E-state index is -0.311. The van der Waals surface area contributed by atoms with E-state index in [4.69, 9.17) is 14.2 Å². The second kappa shape index (κ2) is 11.3. The van der Waals surface area contributed by atoms with E-state index in [2.05, 4.69) is 15.8 Å². The Kier molecular flexibility index (Phi) is 8.50. The molecule has 0 atom stereocenters. The van der Waals surface area contributed by atoms with E-state index in [0.29, 0.717) is 29.4 Å². The predicted octanol–water partition coefficient (Wildman–Crippen LogP) is 2.37. The number of nitrogens with zero attached hydrogens (tertiary/aromatic N) is 1. The quantitative estimate of drug-likeness (QED) is 0.472. The molecule has 2 N–H and O–H groups in total. The molecule has 2 aromatic carbocycles. The van der Waals surface area contributed by atoms with E-state index in [0.717, 1.165) is 5.56 Å². The molecule has 29 heavy (non-hydrogen) atoms. The van der Waals surface area contributed by atoms with Crippen molar-refractivity contribution in [1.29, 1.82) is 0 Å². The van der Waals surface area contributed by atoms with Gasteiger partial charge in [0.05, 0.1) is 27.0 Å². The number of benzene rings is 2. The molecule has 0 radical (unpaired) electrons. The highest BCUT2D eigenvalue weighted by atomic mass is 16.5. The van der Waals surface area contributed by atoms with E-state index in [9.17, 15) is 9.59 Å². The lowest BCUT2D eigenvalue weighted by Crippen LogP contribution is -2.29. The normalized spacial score (nSPS) is 10.4. The average molecular weight is 399 g/mol. The van der Waals surface area contributed by atoms with Crippen LogP contribution in [0.2, 0.25) is 0 Å². The van der Waals surface area contributed by atoms with E-state index >= 15 is 0 Å². The van der Waals surface area contributed by atoms with Gasteiger partial charge in [-0.1, -0.05) is 0 Å². The Morgan fingerprint density at radius 1 is 1.03 bits per heavy atom. The van der Waals surface area contributed by atoms with Gasteiger partial charge in [-0.15, -0.1) is 0 Å². The molecule has 0 aromatic heterocycles. The Morgan fingerprint density at radius 2 is 1.79 bits per heavy atom. The van der Waals surface area contributed by atoms with Crippen LogP contribution >= 0.6 is 0 Å². The van der Waals surface area contributed by atoms with Crippen LogP contribution in [0.4, 0.5) is 0 Å². The summed E-state index contributed by atoms with van der Waals surface area (Å²) >= 11 is 0. The van der Waals surface area contributed by atoms with Gasteiger partial charge < -0.3 is 19.5 Å². The van der Waals surface area contributed by atoms with Gasteiger partial charge in [-0.05, 0) is 55.0 Å². The van der Waals surface area contributed by atoms with Gasteiger partial charge >= 0.3 is 0 Å². The third-order valence-corrected chi connectivity index (χ3v) is 3.88. The summed E-state index contributed by atoms with van der Waals surface area (Å²) in [7, 11) is 3.11. The SMILES string of the molecule is CCOc1ccc(C=NNC(=O)CCNC(=O)c2ccc(OC)cc2)cc1OC. The fourth-order valence-corrected chi connectivity index (χ4v) is 2.41. The van der Waals surface area contributed by atoms with Crippen molar-refractivity contribution >= 4 is 18.0 Å². The molecule has 0 spiro atoms. The van der Waals surface area contributed by atoms with Crippen molar-refractivity contribution in [2.75, 3.05) is 27.4 Å². The number of nitrogens with one attached hydrogen (secondary N) is 2. The zero-order valence-corrected chi connectivity index (χ0v) is 16.7. The molecule has 0 bridgehead atoms. The third kappa shape index (κ3) is 6.84. The highest BCUT2D eigenvalue weighted by Crippen LogP contribution is 2.27. The second-order valence-corrected chi connectivity index (χ2v) is 5.87. The van der Waals surface area contributed by atoms with Crippen molar-refractivity contribution in [1.82, 2.24) is 10.7 Å². The Labute approximate surface area is 169 Å². The minimum absolute atomic E-state index is 0.103. The van der Waals surface area contributed by atoms with Crippen LogP contribution in [0.15, 0.2) is 47.6 Å². The first-order chi connectivity index (χ1) is 14.1. The van der Waals surface area contributed by atoms with Gasteiger partial charge in [0, 0.05) is 18.5 Å². The Morgan fingerprint density at radius 3 is 2.45 bits per heavy atom. The number of amides is 2. The zero-order valence-electron chi connectivity index (χ0n) is 16.7. The van der Waals surface area contributed by atoms with Crippen LogP contribution in [0, 0.1) is 0 Å². The molecule has 0 saturated carbocycles. The first-order valence-corrected chi connectivity index (χ1v) is 9.12.